The third kappa shape index (κ3) is 3.49. The van der Waals surface area contributed by atoms with Crippen LogP contribution >= 0.6 is 0 Å². The number of aromatic nitrogens is 2. The van der Waals surface area contributed by atoms with Crippen molar-refractivity contribution in [2.24, 2.45) is 5.73 Å². The quantitative estimate of drug-likeness (QED) is 0.943. The molecule has 0 radical (unpaired) electrons. The smallest absolute Gasteiger partial charge is 0.424 e. The molecule has 2 aromatic rings. The Labute approximate surface area is 119 Å². The zero-order valence-corrected chi connectivity index (χ0v) is 11.5. The minimum absolute atomic E-state index is 0.337. The molecule has 1 aromatic carbocycles. The molecular formula is C14H14F3N3O. The summed E-state index contributed by atoms with van der Waals surface area (Å²) >= 11 is 0. The van der Waals surface area contributed by atoms with Crippen LogP contribution < -0.4 is 10.5 Å². The molecule has 4 nitrogen and oxygen atoms in total. The number of ether oxygens (including phenoxy) is 1. The largest absolute Gasteiger partial charge is 0.433 e. The number of hydrogen-bond donors (Lipinski definition) is 1. The Morgan fingerprint density at radius 1 is 1.19 bits per heavy atom. The highest BCUT2D eigenvalue weighted by atomic mass is 19.4. The molecule has 0 bridgehead atoms. The van der Waals surface area contributed by atoms with Gasteiger partial charge in [0.15, 0.2) is 5.69 Å². The average molecular weight is 297 g/mol. The highest BCUT2D eigenvalue weighted by Crippen LogP contribution is 2.31. The Hall–Kier alpha value is -2.15. The topological polar surface area (TPSA) is 61.0 Å². The van der Waals surface area contributed by atoms with Gasteiger partial charge < -0.3 is 10.5 Å². The Bertz CT molecular complexity index is 633. The van der Waals surface area contributed by atoms with Crippen molar-refractivity contribution < 1.29 is 17.9 Å². The van der Waals surface area contributed by atoms with E-state index >= 15 is 0 Å². The summed E-state index contributed by atoms with van der Waals surface area (Å²) in [4.78, 5) is 7.10. The molecule has 7 heteroatoms. The van der Waals surface area contributed by atoms with Gasteiger partial charge in [0.1, 0.15) is 5.75 Å². The van der Waals surface area contributed by atoms with Crippen molar-refractivity contribution in [3.05, 3.63) is 46.8 Å². The summed E-state index contributed by atoms with van der Waals surface area (Å²) in [5.74, 6) is 0.437. The van der Waals surface area contributed by atoms with Gasteiger partial charge in [0.25, 0.3) is 0 Å². The van der Waals surface area contributed by atoms with E-state index < -0.39 is 11.9 Å². The number of aryl methyl sites for hydroxylation is 2. The first-order chi connectivity index (χ1) is 9.81. The highest BCUT2D eigenvalue weighted by molar-refractivity contribution is 5.44. The van der Waals surface area contributed by atoms with Crippen molar-refractivity contribution >= 4 is 0 Å². The Morgan fingerprint density at radius 3 is 2.33 bits per heavy atom. The number of nitrogens with zero attached hydrogens (tertiary/aromatic N) is 2. The Balaban J connectivity index is 2.35. The van der Waals surface area contributed by atoms with E-state index in [1.54, 1.807) is 13.8 Å². The van der Waals surface area contributed by atoms with Gasteiger partial charge in [-0.1, -0.05) is 12.1 Å². The molecule has 0 aliphatic rings. The van der Waals surface area contributed by atoms with Crippen molar-refractivity contribution in [2.75, 3.05) is 0 Å². The molecule has 0 saturated heterocycles. The first-order valence-electron chi connectivity index (χ1n) is 6.19. The SMILES string of the molecule is Cc1cc(CN)cc(C)c1Oc1nccc(C(F)(F)F)n1. The van der Waals surface area contributed by atoms with Crippen molar-refractivity contribution in [1.82, 2.24) is 9.97 Å². The van der Waals surface area contributed by atoms with Crippen molar-refractivity contribution in [3.8, 4) is 11.8 Å². The van der Waals surface area contributed by atoms with Crippen molar-refractivity contribution in [1.29, 1.82) is 0 Å². The van der Waals surface area contributed by atoms with Crippen LogP contribution in [0.3, 0.4) is 0 Å². The fourth-order valence-electron chi connectivity index (χ4n) is 1.96. The maximum absolute atomic E-state index is 12.6. The number of alkyl halides is 3. The van der Waals surface area contributed by atoms with Gasteiger partial charge in [-0.05, 0) is 36.6 Å². The molecular weight excluding hydrogens is 283 g/mol. The summed E-state index contributed by atoms with van der Waals surface area (Å²) in [6.45, 7) is 3.95. The van der Waals surface area contributed by atoms with Crippen LogP contribution in [0, 0.1) is 13.8 Å². The third-order valence-electron chi connectivity index (χ3n) is 2.87. The lowest BCUT2D eigenvalue weighted by Gasteiger charge is -2.13. The number of hydrogen-bond acceptors (Lipinski definition) is 4. The van der Waals surface area contributed by atoms with Crippen molar-refractivity contribution in [3.63, 3.8) is 0 Å². The van der Waals surface area contributed by atoms with Gasteiger partial charge in [0.2, 0.25) is 0 Å². The lowest BCUT2D eigenvalue weighted by Crippen LogP contribution is -2.09. The predicted molar refractivity (Wildman–Crippen MR) is 70.9 cm³/mol. The zero-order valence-electron chi connectivity index (χ0n) is 11.5. The van der Waals surface area contributed by atoms with Gasteiger partial charge >= 0.3 is 12.2 Å². The van der Waals surface area contributed by atoms with Crippen LogP contribution in [0.15, 0.2) is 24.4 Å². The first-order valence-corrected chi connectivity index (χ1v) is 6.19. The third-order valence-corrected chi connectivity index (χ3v) is 2.87. The summed E-state index contributed by atoms with van der Waals surface area (Å²) in [6, 6.07) is 4.09. The maximum Gasteiger partial charge on any atom is 0.433 e. The summed E-state index contributed by atoms with van der Waals surface area (Å²) in [7, 11) is 0. The summed E-state index contributed by atoms with van der Waals surface area (Å²) < 4.78 is 43.2. The molecule has 0 atom stereocenters. The van der Waals surface area contributed by atoms with E-state index in [2.05, 4.69) is 9.97 Å². The molecule has 0 fully saturated rings. The van der Waals surface area contributed by atoms with Gasteiger partial charge in [-0.15, -0.1) is 0 Å². The van der Waals surface area contributed by atoms with Gasteiger partial charge in [-0.3, -0.25) is 0 Å². The van der Waals surface area contributed by atoms with E-state index in [1.807, 2.05) is 12.1 Å². The number of rotatable bonds is 3. The molecule has 0 spiro atoms. The molecule has 0 unspecified atom stereocenters. The summed E-state index contributed by atoms with van der Waals surface area (Å²) in [5.41, 5.74) is 6.97. The second kappa shape index (κ2) is 5.69. The molecule has 0 amide bonds. The van der Waals surface area contributed by atoms with Crippen LogP contribution in [-0.2, 0) is 12.7 Å². The van der Waals surface area contributed by atoms with Crippen LogP contribution in [0.25, 0.3) is 0 Å². The Morgan fingerprint density at radius 2 is 1.81 bits per heavy atom. The normalized spacial score (nSPS) is 11.5. The molecule has 0 aliphatic carbocycles. The van der Waals surface area contributed by atoms with E-state index in [9.17, 15) is 13.2 Å². The zero-order chi connectivity index (χ0) is 15.6. The molecule has 2 N–H and O–H groups in total. The lowest BCUT2D eigenvalue weighted by atomic mass is 10.1. The minimum Gasteiger partial charge on any atom is -0.424 e. The van der Waals surface area contributed by atoms with Gasteiger partial charge in [-0.2, -0.15) is 18.2 Å². The van der Waals surface area contributed by atoms with Gasteiger partial charge in [-0.25, -0.2) is 4.98 Å². The van der Waals surface area contributed by atoms with Crippen LogP contribution in [0.1, 0.15) is 22.4 Å². The minimum atomic E-state index is -4.53. The number of nitrogens with two attached hydrogens (primary N) is 1. The molecule has 1 aromatic heterocycles. The van der Waals surface area contributed by atoms with Crippen LogP contribution in [0.4, 0.5) is 13.2 Å². The Kier molecular flexibility index (Phi) is 4.13. The fraction of sp³-hybridized carbons (Fsp3) is 0.286. The van der Waals surface area contributed by atoms with Gasteiger partial charge in [0.05, 0.1) is 0 Å². The molecule has 0 aliphatic heterocycles. The van der Waals surface area contributed by atoms with E-state index in [1.165, 1.54) is 0 Å². The molecule has 0 saturated carbocycles. The molecule has 1 heterocycles. The summed E-state index contributed by atoms with van der Waals surface area (Å²) in [6.07, 6.45) is -3.52. The maximum atomic E-state index is 12.6. The second-order valence-corrected chi connectivity index (χ2v) is 4.59. The lowest BCUT2D eigenvalue weighted by molar-refractivity contribution is -0.141. The number of halogens is 3. The van der Waals surface area contributed by atoms with Crippen LogP contribution in [0.2, 0.25) is 0 Å². The first kappa shape index (κ1) is 15.2. The predicted octanol–water partition coefficient (Wildman–Crippen LogP) is 3.36. The highest BCUT2D eigenvalue weighted by Gasteiger charge is 2.33. The molecule has 21 heavy (non-hydrogen) atoms. The second-order valence-electron chi connectivity index (χ2n) is 4.59. The van der Waals surface area contributed by atoms with E-state index in [0.29, 0.717) is 12.3 Å². The van der Waals surface area contributed by atoms with Gasteiger partial charge in [0, 0.05) is 12.7 Å². The van der Waals surface area contributed by atoms with E-state index in [4.69, 9.17) is 10.5 Å². The molecule has 112 valence electrons. The summed E-state index contributed by atoms with van der Waals surface area (Å²) in [5, 5.41) is 0. The van der Waals surface area contributed by atoms with Crippen LogP contribution in [0.5, 0.6) is 11.8 Å². The monoisotopic (exact) mass is 297 g/mol. The van der Waals surface area contributed by atoms with Crippen molar-refractivity contribution in [2.45, 2.75) is 26.6 Å². The van der Waals surface area contributed by atoms with E-state index in [-0.39, 0.29) is 6.01 Å². The number of benzene rings is 1. The van der Waals surface area contributed by atoms with Crippen LogP contribution in [-0.4, -0.2) is 9.97 Å². The molecule has 2 rings (SSSR count). The average Bonchev–Trinajstić information content (AvgIpc) is 2.42. The van der Waals surface area contributed by atoms with E-state index in [0.717, 1.165) is 29.0 Å². The standard InChI is InChI=1S/C14H14F3N3O/c1-8-5-10(7-18)6-9(2)12(8)21-13-19-4-3-11(20-13)14(15,16)17/h3-6H,7,18H2,1-2H3. The fourth-order valence-corrected chi connectivity index (χ4v) is 1.96.